The van der Waals surface area contributed by atoms with E-state index in [9.17, 15) is 22.4 Å². The van der Waals surface area contributed by atoms with Crippen LogP contribution in [0.15, 0.2) is 18.2 Å². The largest absolute Gasteiger partial charge is 0.416 e. The maximum absolute atomic E-state index is 12.9. The number of rotatable bonds is 6. The van der Waals surface area contributed by atoms with Crippen LogP contribution in [-0.2, 0) is 17.5 Å². The Labute approximate surface area is 120 Å². The second-order valence-electron chi connectivity index (χ2n) is 5.10. The number of alkyl halides is 3. The van der Waals surface area contributed by atoms with Crippen LogP contribution in [0.1, 0.15) is 25.0 Å². The van der Waals surface area contributed by atoms with Gasteiger partial charge in [-0.05, 0) is 23.6 Å². The molecule has 0 saturated heterocycles. The molecule has 118 valence electrons. The Morgan fingerprint density at radius 2 is 1.95 bits per heavy atom. The zero-order chi connectivity index (χ0) is 16.0. The monoisotopic (exact) mass is 306 g/mol. The number of nitrogens with one attached hydrogen (secondary N) is 2. The third-order valence-electron chi connectivity index (χ3n) is 2.69. The molecule has 0 spiro atoms. The number of hydrogen-bond acceptors (Lipinski definition) is 2. The van der Waals surface area contributed by atoms with Gasteiger partial charge in [0.15, 0.2) is 0 Å². The van der Waals surface area contributed by atoms with E-state index in [0.717, 1.165) is 12.1 Å². The summed E-state index contributed by atoms with van der Waals surface area (Å²) in [5.74, 6) is -0.942. The van der Waals surface area contributed by atoms with Gasteiger partial charge >= 0.3 is 6.18 Å². The molecule has 1 amide bonds. The topological polar surface area (TPSA) is 41.1 Å². The Kier molecular flexibility index (Phi) is 6.14. The van der Waals surface area contributed by atoms with Crippen LogP contribution in [0.25, 0.3) is 0 Å². The predicted octanol–water partition coefficient (Wildman–Crippen LogP) is 2.71. The van der Waals surface area contributed by atoms with E-state index in [1.54, 1.807) is 0 Å². The van der Waals surface area contributed by atoms with E-state index >= 15 is 0 Å². The van der Waals surface area contributed by atoms with Gasteiger partial charge in [0.05, 0.1) is 12.1 Å². The molecule has 7 heteroatoms. The fraction of sp³-hybridized carbons (Fsp3) is 0.500. The molecule has 1 aromatic carbocycles. The summed E-state index contributed by atoms with van der Waals surface area (Å²) >= 11 is 0. The summed E-state index contributed by atoms with van der Waals surface area (Å²) < 4.78 is 51.2. The van der Waals surface area contributed by atoms with Crippen molar-refractivity contribution in [3.8, 4) is 0 Å². The maximum atomic E-state index is 12.9. The van der Waals surface area contributed by atoms with Crippen molar-refractivity contribution in [1.29, 1.82) is 0 Å². The number of carbonyl (C=O) groups is 1. The summed E-state index contributed by atoms with van der Waals surface area (Å²) in [5.41, 5.74) is -1.13. The maximum Gasteiger partial charge on any atom is 0.416 e. The molecule has 1 aromatic rings. The minimum Gasteiger partial charge on any atom is -0.355 e. The third-order valence-corrected chi connectivity index (χ3v) is 2.69. The van der Waals surface area contributed by atoms with Gasteiger partial charge in [-0.15, -0.1) is 0 Å². The average Bonchev–Trinajstić information content (AvgIpc) is 2.37. The number of benzene rings is 1. The molecule has 0 atom stereocenters. The van der Waals surface area contributed by atoms with E-state index in [0.29, 0.717) is 18.5 Å². The lowest BCUT2D eigenvalue weighted by Gasteiger charge is -2.14. The Hall–Kier alpha value is -1.63. The lowest BCUT2D eigenvalue weighted by Crippen LogP contribution is -2.35. The molecule has 0 aliphatic carbocycles. The zero-order valence-electron chi connectivity index (χ0n) is 11.9. The summed E-state index contributed by atoms with van der Waals surface area (Å²) in [5, 5.41) is 5.26. The van der Waals surface area contributed by atoms with Gasteiger partial charge in [0.2, 0.25) is 5.91 Å². The van der Waals surface area contributed by atoms with Crippen LogP contribution in [0.3, 0.4) is 0 Å². The average molecular weight is 306 g/mol. The highest BCUT2D eigenvalue weighted by Crippen LogP contribution is 2.32. The molecule has 2 N–H and O–H groups in total. The third kappa shape index (κ3) is 6.12. The fourth-order valence-corrected chi connectivity index (χ4v) is 1.66. The highest BCUT2D eigenvalue weighted by Gasteiger charge is 2.33. The van der Waals surface area contributed by atoms with Crippen LogP contribution in [0.2, 0.25) is 0 Å². The molecule has 0 aliphatic heterocycles. The summed E-state index contributed by atoms with van der Waals surface area (Å²) in [7, 11) is 0. The molecular weight excluding hydrogens is 288 g/mol. The van der Waals surface area contributed by atoms with Gasteiger partial charge < -0.3 is 10.6 Å². The molecular formula is C14H18F4N2O. The summed E-state index contributed by atoms with van der Waals surface area (Å²) in [4.78, 5) is 11.4. The molecule has 21 heavy (non-hydrogen) atoms. The van der Waals surface area contributed by atoms with Gasteiger partial charge in [-0.3, -0.25) is 4.79 Å². The van der Waals surface area contributed by atoms with Crippen molar-refractivity contribution in [2.24, 2.45) is 5.92 Å². The van der Waals surface area contributed by atoms with E-state index in [1.807, 2.05) is 13.8 Å². The van der Waals surface area contributed by atoms with Crippen LogP contribution < -0.4 is 10.6 Å². The van der Waals surface area contributed by atoms with E-state index in [1.165, 1.54) is 0 Å². The molecule has 0 unspecified atom stereocenters. The van der Waals surface area contributed by atoms with E-state index in [2.05, 4.69) is 10.6 Å². The van der Waals surface area contributed by atoms with Crippen molar-refractivity contribution in [1.82, 2.24) is 10.6 Å². The van der Waals surface area contributed by atoms with Crippen LogP contribution in [0, 0.1) is 11.7 Å². The van der Waals surface area contributed by atoms with Gasteiger partial charge in [-0.2, -0.15) is 13.2 Å². The molecule has 0 heterocycles. The second kappa shape index (κ2) is 7.40. The molecule has 0 radical (unpaired) electrons. The number of carbonyl (C=O) groups excluding carboxylic acids is 1. The summed E-state index contributed by atoms with van der Waals surface area (Å²) in [6.45, 7) is 4.11. The fourth-order valence-electron chi connectivity index (χ4n) is 1.66. The minimum atomic E-state index is -4.63. The lowest BCUT2D eigenvalue weighted by atomic mass is 10.1. The Morgan fingerprint density at radius 3 is 2.52 bits per heavy atom. The van der Waals surface area contributed by atoms with Crippen LogP contribution in [0.5, 0.6) is 0 Å². The second-order valence-corrected chi connectivity index (χ2v) is 5.10. The number of hydrogen-bond donors (Lipinski definition) is 2. The highest BCUT2D eigenvalue weighted by atomic mass is 19.4. The van der Waals surface area contributed by atoms with E-state index < -0.39 is 17.6 Å². The van der Waals surface area contributed by atoms with Gasteiger partial charge in [0, 0.05) is 13.1 Å². The summed E-state index contributed by atoms with van der Waals surface area (Å²) in [6.07, 6.45) is -4.63. The quantitative estimate of drug-likeness (QED) is 0.794. The van der Waals surface area contributed by atoms with Crippen LogP contribution in [0.4, 0.5) is 17.6 Å². The molecule has 0 fully saturated rings. The Morgan fingerprint density at radius 1 is 1.29 bits per heavy atom. The van der Waals surface area contributed by atoms with Gasteiger partial charge in [-0.1, -0.05) is 19.9 Å². The van der Waals surface area contributed by atoms with Crippen LogP contribution >= 0.6 is 0 Å². The summed E-state index contributed by atoms with van der Waals surface area (Å²) in [6, 6.07) is 2.48. The normalized spacial score (nSPS) is 11.8. The van der Waals surface area contributed by atoms with Crippen molar-refractivity contribution >= 4 is 5.91 Å². The van der Waals surface area contributed by atoms with E-state index in [-0.39, 0.29) is 24.6 Å². The molecule has 0 aromatic heterocycles. The van der Waals surface area contributed by atoms with Gasteiger partial charge in [-0.25, -0.2) is 4.39 Å². The number of halogens is 4. The molecule has 0 saturated carbocycles. The van der Waals surface area contributed by atoms with Gasteiger partial charge in [0.1, 0.15) is 5.82 Å². The lowest BCUT2D eigenvalue weighted by molar-refractivity contribution is -0.138. The first-order valence-electron chi connectivity index (χ1n) is 6.53. The van der Waals surface area contributed by atoms with E-state index in [4.69, 9.17) is 0 Å². The van der Waals surface area contributed by atoms with Crippen molar-refractivity contribution in [3.05, 3.63) is 35.1 Å². The smallest absolute Gasteiger partial charge is 0.355 e. The predicted molar refractivity (Wildman–Crippen MR) is 71.0 cm³/mol. The minimum absolute atomic E-state index is 0.0958. The first kappa shape index (κ1) is 17.4. The molecule has 0 aliphatic rings. The molecule has 0 bridgehead atoms. The first-order valence-corrected chi connectivity index (χ1v) is 6.53. The zero-order valence-corrected chi connectivity index (χ0v) is 11.9. The van der Waals surface area contributed by atoms with Crippen molar-refractivity contribution < 1.29 is 22.4 Å². The van der Waals surface area contributed by atoms with Gasteiger partial charge in [0.25, 0.3) is 0 Å². The van der Waals surface area contributed by atoms with Crippen LogP contribution in [-0.4, -0.2) is 19.0 Å². The van der Waals surface area contributed by atoms with Crippen molar-refractivity contribution in [2.75, 3.05) is 13.1 Å². The molecule has 3 nitrogen and oxygen atoms in total. The number of amides is 1. The first-order chi connectivity index (χ1) is 9.70. The van der Waals surface area contributed by atoms with Crippen molar-refractivity contribution in [3.63, 3.8) is 0 Å². The highest BCUT2D eigenvalue weighted by molar-refractivity contribution is 5.77. The Bertz CT molecular complexity index is 486. The SMILES string of the molecule is CC(C)CNC(=O)CNCc1ccc(F)cc1C(F)(F)F. The Balaban J connectivity index is 2.58. The van der Waals surface area contributed by atoms with Crippen molar-refractivity contribution in [2.45, 2.75) is 26.6 Å². The molecule has 1 rings (SSSR count). The standard InChI is InChI=1S/C14H18F4N2O/c1-9(2)6-20-13(21)8-19-7-10-3-4-11(15)5-12(10)14(16,17)18/h3-5,9,19H,6-8H2,1-2H3,(H,20,21).